The second-order valence-corrected chi connectivity index (χ2v) is 6.86. The Bertz CT molecular complexity index is 851. The van der Waals surface area contributed by atoms with Crippen LogP contribution in [0.5, 0.6) is 0 Å². The molecule has 2 aliphatic heterocycles. The van der Waals surface area contributed by atoms with Crippen LogP contribution in [0.3, 0.4) is 0 Å². The van der Waals surface area contributed by atoms with Gasteiger partial charge in [0.1, 0.15) is 17.5 Å². The molecule has 1 saturated heterocycles. The van der Waals surface area contributed by atoms with Crippen LogP contribution in [0.2, 0.25) is 0 Å². The lowest BCUT2D eigenvalue weighted by Gasteiger charge is -2.31. The van der Waals surface area contributed by atoms with Crippen LogP contribution in [0, 0.1) is 6.92 Å². The van der Waals surface area contributed by atoms with Crippen molar-refractivity contribution in [2.24, 2.45) is 0 Å². The van der Waals surface area contributed by atoms with Crippen LogP contribution >= 0.6 is 0 Å². The molecular formula is C21H20O3. The number of carbonyl (C=O) groups excluding carboxylic acids is 1. The highest BCUT2D eigenvalue weighted by Gasteiger charge is 2.50. The Kier molecular flexibility index (Phi) is 3.36. The molecule has 0 spiro atoms. The molecule has 0 aliphatic carbocycles. The molecule has 2 atom stereocenters. The van der Waals surface area contributed by atoms with Gasteiger partial charge in [-0.15, -0.1) is 0 Å². The summed E-state index contributed by atoms with van der Waals surface area (Å²) in [5, 5.41) is 10.7. The third kappa shape index (κ3) is 2.20. The minimum atomic E-state index is -0.724. The summed E-state index contributed by atoms with van der Waals surface area (Å²) < 4.78 is 5.74. The Hall–Kier alpha value is -2.39. The Morgan fingerprint density at radius 3 is 2.58 bits per heavy atom. The molecule has 122 valence electrons. The Morgan fingerprint density at radius 2 is 1.88 bits per heavy atom. The van der Waals surface area contributed by atoms with E-state index in [-0.39, 0.29) is 11.5 Å². The van der Waals surface area contributed by atoms with Crippen molar-refractivity contribution in [3.05, 3.63) is 65.4 Å². The van der Waals surface area contributed by atoms with Crippen LogP contribution in [0.4, 0.5) is 0 Å². The van der Waals surface area contributed by atoms with E-state index in [2.05, 4.69) is 18.2 Å². The number of aryl methyl sites for hydroxylation is 1. The summed E-state index contributed by atoms with van der Waals surface area (Å²) >= 11 is 0. The summed E-state index contributed by atoms with van der Waals surface area (Å²) in [5.74, 6) is -0.0187. The van der Waals surface area contributed by atoms with E-state index in [0.29, 0.717) is 18.4 Å². The quantitative estimate of drug-likeness (QED) is 0.889. The van der Waals surface area contributed by atoms with Gasteiger partial charge in [0.15, 0.2) is 5.78 Å². The van der Waals surface area contributed by atoms with Crippen molar-refractivity contribution in [1.29, 1.82) is 0 Å². The molecule has 4 rings (SSSR count). The molecule has 0 unspecified atom stereocenters. The van der Waals surface area contributed by atoms with Crippen LogP contribution in [-0.4, -0.2) is 22.6 Å². The number of aliphatic hydroxyl groups excluding tert-OH is 1. The van der Waals surface area contributed by atoms with E-state index in [0.717, 1.165) is 22.3 Å². The third-order valence-electron chi connectivity index (χ3n) is 5.17. The molecule has 2 aromatic rings. The van der Waals surface area contributed by atoms with Gasteiger partial charge in [0.25, 0.3) is 0 Å². The van der Waals surface area contributed by atoms with E-state index < -0.39 is 11.7 Å². The SMILES string of the molecule is Cc1cc(-c2ccccc2)ccc1C1=C(O)[C@@]2(C)CC[C@H](O2)C1=O. The Labute approximate surface area is 141 Å². The number of rotatable bonds is 2. The normalized spacial score (nSPS) is 26.1. The molecule has 0 radical (unpaired) electrons. The van der Waals surface area contributed by atoms with E-state index in [1.807, 2.05) is 44.2 Å². The maximum absolute atomic E-state index is 12.7. The van der Waals surface area contributed by atoms with Crippen molar-refractivity contribution in [2.75, 3.05) is 0 Å². The zero-order valence-corrected chi connectivity index (χ0v) is 13.9. The smallest absolute Gasteiger partial charge is 0.195 e. The number of carbonyl (C=O) groups is 1. The lowest BCUT2D eigenvalue weighted by Crippen LogP contribution is -2.37. The van der Waals surface area contributed by atoms with E-state index in [1.165, 1.54) is 0 Å². The van der Waals surface area contributed by atoms with E-state index in [4.69, 9.17) is 4.74 Å². The molecule has 0 amide bonds. The average Bonchev–Trinajstić information content (AvgIpc) is 2.97. The first kappa shape index (κ1) is 15.2. The van der Waals surface area contributed by atoms with Crippen LogP contribution in [0.15, 0.2) is 54.3 Å². The molecule has 1 fully saturated rings. The number of hydrogen-bond donors (Lipinski definition) is 1. The number of ether oxygens (including phenoxy) is 1. The van der Waals surface area contributed by atoms with E-state index in [9.17, 15) is 9.90 Å². The summed E-state index contributed by atoms with van der Waals surface area (Å²) in [5.41, 5.74) is 3.73. The topological polar surface area (TPSA) is 46.5 Å². The van der Waals surface area contributed by atoms with Gasteiger partial charge in [-0.25, -0.2) is 0 Å². The fourth-order valence-corrected chi connectivity index (χ4v) is 3.75. The van der Waals surface area contributed by atoms with Crippen LogP contribution in [-0.2, 0) is 9.53 Å². The molecular weight excluding hydrogens is 300 g/mol. The standard InChI is InChI=1S/C21H20O3/c1-13-12-15(14-6-4-3-5-7-14)8-9-16(13)18-19(22)17-10-11-21(2,24-17)20(18)23/h3-9,12,17,23H,10-11H2,1-2H3/t17-,21+/m0/s1. The first-order valence-electron chi connectivity index (χ1n) is 8.32. The third-order valence-corrected chi connectivity index (χ3v) is 5.17. The molecule has 0 aromatic heterocycles. The maximum Gasteiger partial charge on any atom is 0.195 e. The zero-order chi connectivity index (χ0) is 16.9. The lowest BCUT2D eigenvalue weighted by molar-refractivity contribution is -0.130. The zero-order valence-electron chi connectivity index (χ0n) is 13.9. The largest absolute Gasteiger partial charge is 0.508 e. The fourth-order valence-electron chi connectivity index (χ4n) is 3.75. The lowest BCUT2D eigenvalue weighted by atomic mass is 9.88. The summed E-state index contributed by atoms with van der Waals surface area (Å²) in [7, 11) is 0. The van der Waals surface area contributed by atoms with Crippen molar-refractivity contribution < 1.29 is 14.6 Å². The molecule has 2 aromatic carbocycles. The van der Waals surface area contributed by atoms with E-state index >= 15 is 0 Å². The predicted molar refractivity (Wildman–Crippen MR) is 93.7 cm³/mol. The second kappa shape index (κ2) is 5.32. The van der Waals surface area contributed by atoms with Crippen LogP contribution in [0.1, 0.15) is 30.9 Å². The van der Waals surface area contributed by atoms with Crippen molar-refractivity contribution in [3.63, 3.8) is 0 Å². The van der Waals surface area contributed by atoms with Crippen molar-refractivity contribution >= 4 is 11.4 Å². The highest BCUT2D eigenvalue weighted by Crippen LogP contribution is 2.45. The van der Waals surface area contributed by atoms with Crippen molar-refractivity contribution in [2.45, 2.75) is 38.4 Å². The van der Waals surface area contributed by atoms with Crippen molar-refractivity contribution in [3.8, 4) is 11.1 Å². The summed E-state index contributed by atoms with van der Waals surface area (Å²) in [6.07, 6.45) is 0.929. The van der Waals surface area contributed by atoms with Gasteiger partial charge in [-0.2, -0.15) is 0 Å². The van der Waals surface area contributed by atoms with Gasteiger partial charge in [0.2, 0.25) is 0 Å². The van der Waals surface area contributed by atoms with Gasteiger partial charge >= 0.3 is 0 Å². The number of ketones is 1. The monoisotopic (exact) mass is 320 g/mol. The minimum Gasteiger partial charge on any atom is -0.508 e. The van der Waals surface area contributed by atoms with Gasteiger partial charge in [-0.3, -0.25) is 4.79 Å². The van der Waals surface area contributed by atoms with Crippen LogP contribution in [0.25, 0.3) is 16.7 Å². The highest BCUT2D eigenvalue weighted by molar-refractivity contribution is 6.25. The fraction of sp³-hybridized carbons (Fsp3) is 0.286. The molecule has 3 nitrogen and oxygen atoms in total. The Balaban J connectivity index is 1.81. The number of fused-ring (bicyclic) bond motifs is 2. The highest BCUT2D eigenvalue weighted by atomic mass is 16.5. The number of benzene rings is 2. The second-order valence-electron chi connectivity index (χ2n) is 6.86. The van der Waals surface area contributed by atoms with Gasteiger partial charge in [0.05, 0.1) is 5.57 Å². The maximum atomic E-state index is 12.7. The predicted octanol–water partition coefficient (Wildman–Crippen LogP) is 4.45. The number of hydrogen-bond acceptors (Lipinski definition) is 3. The summed E-state index contributed by atoms with van der Waals surface area (Å²) in [4.78, 5) is 12.7. The number of Topliss-reactive ketones (excluding diaryl/α,β-unsaturated/α-hetero) is 1. The van der Waals surface area contributed by atoms with E-state index in [1.54, 1.807) is 0 Å². The molecule has 2 heterocycles. The Morgan fingerprint density at radius 1 is 1.12 bits per heavy atom. The molecule has 1 N–H and O–H groups in total. The summed E-state index contributed by atoms with van der Waals surface area (Å²) in [6, 6.07) is 16.1. The molecule has 24 heavy (non-hydrogen) atoms. The van der Waals surface area contributed by atoms with Gasteiger partial charge < -0.3 is 9.84 Å². The van der Waals surface area contributed by atoms with Gasteiger partial charge in [-0.05, 0) is 48.9 Å². The first-order valence-corrected chi connectivity index (χ1v) is 8.32. The number of aliphatic hydroxyl groups is 1. The van der Waals surface area contributed by atoms with Gasteiger partial charge in [-0.1, -0.05) is 48.5 Å². The summed E-state index contributed by atoms with van der Waals surface area (Å²) in [6.45, 7) is 3.84. The molecule has 3 heteroatoms. The molecule has 2 bridgehead atoms. The van der Waals surface area contributed by atoms with Crippen molar-refractivity contribution in [1.82, 2.24) is 0 Å². The van der Waals surface area contributed by atoms with Gasteiger partial charge in [0, 0.05) is 0 Å². The molecule has 2 aliphatic rings. The average molecular weight is 320 g/mol. The molecule has 0 saturated carbocycles. The first-order chi connectivity index (χ1) is 11.5. The van der Waals surface area contributed by atoms with Crippen LogP contribution < -0.4 is 0 Å². The minimum absolute atomic E-state index is 0.0804.